The molecule has 0 aliphatic rings. The fraction of sp³-hybridized carbons (Fsp3) is 1.00. The highest BCUT2D eigenvalue weighted by Gasteiger charge is 2.25. The highest BCUT2D eigenvalue weighted by atomic mass is 79.9. The first kappa shape index (κ1) is 22.7. The fourth-order valence-corrected chi connectivity index (χ4v) is 3.26. The van der Waals surface area contributed by atoms with Gasteiger partial charge in [0.15, 0.2) is 0 Å². The highest BCUT2D eigenvalue weighted by molar-refractivity contribution is 4.51. The van der Waals surface area contributed by atoms with Gasteiger partial charge in [0.25, 0.3) is 0 Å². The van der Waals surface area contributed by atoms with Crippen molar-refractivity contribution < 1.29 is 21.5 Å². The van der Waals surface area contributed by atoms with E-state index in [0.29, 0.717) is 0 Å². The molecular formula is C18H40BrN. The van der Waals surface area contributed by atoms with Crippen LogP contribution < -0.4 is 17.0 Å². The van der Waals surface area contributed by atoms with Crippen LogP contribution in [0.1, 0.15) is 86.0 Å². The normalized spacial score (nSPS) is 11.7. The molecule has 0 unspecified atom stereocenters. The molecular weight excluding hydrogens is 310 g/mol. The zero-order chi connectivity index (χ0) is 14.6. The Morgan fingerprint density at radius 2 is 1.15 bits per heavy atom. The third kappa shape index (κ3) is 11.1. The van der Waals surface area contributed by atoms with Crippen LogP contribution in [-0.4, -0.2) is 30.7 Å². The largest absolute Gasteiger partial charge is 1.00 e. The molecule has 0 aromatic rings. The predicted octanol–water partition coefficient (Wildman–Crippen LogP) is 2.64. The number of hydrogen-bond donors (Lipinski definition) is 0. The monoisotopic (exact) mass is 349 g/mol. The summed E-state index contributed by atoms with van der Waals surface area (Å²) in [5, 5.41) is 0. The van der Waals surface area contributed by atoms with Crippen molar-refractivity contribution >= 4 is 0 Å². The van der Waals surface area contributed by atoms with Gasteiger partial charge in [0.2, 0.25) is 0 Å². The summed E-state index contributed by atoms with van der Waals surface area (Å²) in [6.07, 6.45) is 11.3. The summed E-state index contributed by atoms with van der Waals surface area (Å²) in [5.41, 5.74) is 0. The molecule has 2 heteroatoms. The molecule has 0 bridgehead atoms. The van der Waals surface area contributed by atoms with Crippen molar-refractivity contribution in [2.24, 2.45) is 5.92 Å². The molecule has 0 aromatic heterocycles. The molecule has 0 aliphatic heterocycles. The van der Waals surface area contributed by atoms with Crippen molar-refractivity contribution in [3.63, 3.8) is 0 Å². The van der Waals surface area contributed by atoms with Gasteiger partial charge < -0.3 is 21.5 Å². The van der Waals surface area contributed by atoms with Gasteiger partial charge in [-0.25, -0.2) is 0 Å². The molecule has 20 heavy (non-hydrogen) atoms. The van der Waals surface area contributed by atoms with Crippen molar-refractivity contribution in [1.82, 2.24) is 0 Å². The van der Waals surface area contributed by atoms with Gasteiger partial charge in [0.05, 0.1) is 26.2 Å². The Morgan fingerprint density at radius 3 is 1.45 bits per heavy atom. The van der Waals surface area contributed by atoms with Gasteiger partial charge in [-0.15, -0.1) is 0 Å². The van der Waals surface area contributed by atoms with E-state index in [1.165, 1.54) is 82.0 Å². The molecule has 0 fully saturated rings. The Bertz CT molecular complexity index is 180. The molecule has 1 nitrogen and oxygen atoms in total. The van der Waals surface area contributed by atoms with E-state index < -0.39 is 0 Å². The first-order chi connectivity index (χ1) is 9.10. The molecule has 0 N–H and O–H groups in total. The molecule has 0 aliphatic carbocycles. The van der Waals surface area contributed by atoms with Crippen LogP contribution >= 0.6 is 0 Å². The van der Waals surface area contributed by atoms with E-state index in [2.05, 4.69) is 34.6 Å². The van der Waals surface area contributed by atoms with E-state index in [1.54, 1.807) is 0 Å². The third-order valence-electron chi connectivity index (χ3n) is 4.40. The Balaban J connectivity index is 0. The van der Waals surface area contributed by atoms with Crippen LogP contribution in [0.15, 0.2) is 0 Å². The molecule has 0 spiro atoms. The smallest absolute Gasteiger partial charge is 0.0809 e. The Hall–Kier alpha value is 0.440. The molecule has 0 heterocycles. The average Bonchev–Trinajstić information content (AvgIpc) is 2.39. The summed E-state index contributed by atoms with van der Waals surface area (Å²) in [6.45, 7) is 17.3. The van der Waals surface area contributed by atoms with Crippen molar-refractivity contribution in [3.05, 3.63) is 0 Å². The maximum Gasteiger partial charge on any atom is 0.0809 e. The summed E-state index contributed by atoms with van der Waals surface area (Å²) in [7, 11) is 0. The minimum Gasteiger partial charge on any atom is -1.00 e. The van der Waals surface area contributed by atoms with Gasteiger partial charge in [-0.05, 0) is 32.6 Å². The number of rotatable bonds is 13. The van der Waals surface area contributed by atoms with E-state index in [9.17, 15) is 0 Å². The SMILES string of the molecule is CCCCCC[N+](CC)(CCCCCC)CC(C)C.[Br-]. The number of nitrogens with zero attached hydrogens (tertiary/aromatic N) is 1. The van der Waals surface area contributed by atoms with E-state index >= 15 is 0 Å². The number of unbranched alkanes of at least 4 members (excludes halogenated alkanes) is 6. The van der Waals surface area contributed by atoms with Crippen LogP contribution in [0.25, 0.3) is 0 Å². The maximum absolute atomic E-state index is 2.40. The fourth-order valence-electron chi connectivity index (χ4n) is 3.26. The Labute approximate surface area is 139 Å². The summed E-state index contributed by atoms with van der Waals surface area (Å²) in [6, 6.07) is 0. The minimum atomic E-state index is 0. The summed E-state index contributed by atoms with van der Waals surface area (Å²) < 4.78 is 1.38. The quantitative estimate of drug-likeness (QED) is 0.354. The lowest BCUT2D eigenvalue weighted by molar-refractivity contribution is -0.929. The van der Waals surface area contributed by atoms with Gasteiger partial charge in [-0.1, -0.05) is 53.4 Å². The Kier molecular flexibility index (Phi) is 16.3. The van der Waals surface area contributed by atoms with Crippen molar-refractivity contribution in [1.29, 1.82) is 0 Å². The zero-order valence-corrected chi connectivity index (χ0v) is 16.5. The number of halogens is 1. The second-order valence-corrected chi connectivity index (χ2v) is 6.80. The van der Waals surface area contributed by atoms with Gasteiger partial charge >= 0.3 is 0 Å². The maximum atomic E-state index is 2.40. The molecule has 0 aromatic carbocycles. The van der Waals surface area contributed by atoms with Crippen LogP contribution in [0.4, 0.5) is 0 Å². The minimum absolute atomic E-state index is 0. The van der Waals surface area contributed by atoms with Gasteiger partial charge in [0, 0.05) is 5.92 Å². The topological polar surface area (TPSA) is 0 Å². The first-order valence-corrected chi connectivity index (χ1v) is 8.95. The van der Waals surface area contributed by atoms with E-state index in [0.717, 1.165) is 5.92 Å². The predicted molar refractivity (Wildman–Crippen MR) is 88.5 cm³/mol. The summed E-state index contributed by atoms with van der Waals surface area (Å²) >= 11 is 0. The Morgan fingerprint density at radius 1 is 0.700 bits per heavy atom. The lowest BCUT2D eigenvalue weighted by atomic mass is 10.1. The van der Waals surface area contributed by atoms with E-state index in [4.69, 9.17) is 0 Å². The molecule has 0 saturated heterocycles. The molecule has 124 valence electrons. The summed E-state index contributed by atoms with van der Waals surface area (Å²) in [4.78, 5) is 0. The molecule has 0 atom stereocenters. The van der Waals surface area contributed by atoms with Crippen LogP contribution in [0, 0.1) is 5.92 Å². The van der Waals surface area contributed by atoms with Crippen molar-refractivity contribution in [3.8, 4) is 0 Å². The van der Waals surface area contributed by atoms with Crippen LogP contribution in [-0.2, 0) is 0 Å². The van der Waals surface area contributed by atoms with Crippen LogP contribution in [0.5, 0.6) is 0 Å². The molecule has 0 rings (SSSR count). The van der Waals surface area contributed by atoms with Crippen molar-refractivity contribution in [2.75, 3.05) is 26.2 Å². The molecule has 0 amide bonds. The van der Waals surface area contributed by atoms with Gasteiger partial charge in [-0.2, -0.15) is 0 Å². The van der Waals surface area contributed by atoms with Gasteiger partial charge in [-0.3, -0.25) is 0 Å². The van der Waals surface area contributed by atoms with Crippen LogP contribution in [0.2, 0.25) is 0 Å². The van der Waals surface area contributed by atoms with E-state index in [1.807, 2.05) is 0 Å². The number of hydrogen-bond acceptors (Lipinski definition) is 0. The number of quaternary nitrogens is 1. The van der Waals surface area contributed by atoms with Crippen LogP contribution in [0.3, 0.4) is 0 Å². The zero-order valence-electron chi connectivity index (χ0n) is 14.9. The second-order valence-electron chi connectivity index (χ2n) is 6.80. The molecule has 0 radical (unpaired) electrons. The summed E-state index contributed by atoms with van der Waals surface area (Å²) in [5.74, 6) is 0.831. The lowest BCUT2D eigenvalue weighted by Gasteiger charge is -2.39. The average molecular weight is 350 g/mol. The van der Waals surface area contributed by atoms with E-state index in [-0.39, 0.29) is 17.0 Å². The molecule has 0 saturated carbocycles. The lowest BCUT2D eigenvalue weighted by Crippen LogP contribution is -3.00. The third-order valence-corrected chi connectivity index (χ3v) is 4.40. The van der Waals surface area contributed by atoms with Gasteiger partial charge in [0.1, 0.15) is 0 Å². The first-order valence-electron chi connectivity index (χ1n) is 8.95. The second kappa shape index (κ2) is 14.4. The standard InChI is InChI=1S/C18H40N.BrH/c1-6-9-11-13-15-19(8-3,17-18(4)5)16-14-12-10-7-2;/h18H,6-17H2,1-5H3;1H/q+1;/p-1. The highest BCUT2D eigenvalue weighted by Crippen LogP contribution is 2.17. The van der Waals surface area contributed by atoms with Crippen molar-refractivity contribution in [2.45, 2.75) is 86.0 Å².